The summed E-state index contributed by atoms with van der Waals surface area (Å²) < 4.78 is 18.4. The van der Waals surface area contributed by atoms with Gasteiger partial charge < -0.3 is 10.5 Å². The summed E-state index contributed by atoms with van der Waals surface area (Å²) in [6.07, 6.45) is 0. The van der Waals surface area contributed by atoms with Gasteiger partial charge in [0.2, 0.25) is 11.8 Å². The minimum absolute atomic E-state index is 0.0882. The Morgan fingerprint density at radius 3 is 2.52 bits per heavy atom. The molecule has 0 unspecified atom stereocenters. The highest BCUT2D eigenvalue weighted by Gasteiger charge is 2.41. The maximum Gasteiger partial charge on any atom is 0.281 e. The van der Waals surface area contributed by atoms with Crippen molar-refractivity contribution in [2.45, 2.75) is 19.6 Å². The van der Waals surface area contributed by atoms with Gasteiger partial charge in [-0.1, -0.05) is 12.1 Å². The second-order valence-corrected chi connectivity index (χ2v) is 5.52. The van der Waals surface area contributed by atoms with E-state index >= 15 is 0 Å². The number of pyridine rings is 1. The van der Waals surface area contributed by atoms with Gasteiger partial charge in [0.1, 0.15) is 24.2 Å². The third kappa shape index (κ3) is 3.06. The van der Waals surface area contributed by atoms with Crippen molar-refractivity contribution >= 4 is 17.7 Å². The maximum atomic E-state index is 12.9. The maximum absolute atomic E-state index is 12.9. The SMILES string of the molecule is C[C@@H](C(N)=O)N1C(=O)c2ccc(OCc3ccc(F)cc3)nc2C1=O. The number of halogens is 1. The summed E-state index contributed by atoms with van der Waals surface area (Å²) in [5, 5.41) is 0. The first kappa shape index (κ1) is 16.6. The Hall–Kier alpha value is -3.29. The van der Waals surface area contributed by atoms with E-state index in [4.69, 9.17) is 10.5 Å². The fraction of sp³-hybridized carbons (Fsp3) is 0.176. The molecule has 1 aromatic carbocycles. The minimum Gasteiger partial charge on any atom is -0.473 e. The van der Waals surface area contributed by atoms with Crippen LogP contribution in [0.15, 0.2) is 36.4 Å². The van der Waals surface area contributed by atoms with Gasteiger partial charge in [0, 0.05) is 6.07 Å². The van der Waals surface area contributed by atoms with Crippen molar-refractivity contribution in [1.82, 2.24) is 9.88 Å². The average molecular weight is 343 g/mol. The number of imide groups is 1. The molecule has 0 radical (unpaired) electrons. The lowest BCUT2D eigenvalue weighted by Crippen LogP contribution is -2.45. The number of hydrogen-bond acceptors (Lipinski definition) is 5. The van der Waals surface area contributed by atoms with E-state index in [9.17, 15) is 18.8 Å². The summed E-state index contributed by atoms with van der Waals surface area (Å²) >= 11 is 0. The van der Waals surface area contributed by atoms with Crippen LogP contribution in [0.1, 0.15) is 33.3 Å². The molecule has 8 heteroatoms. The van der Waals surface area contributed by atoms with E-state index in [-0.39, 0.29) is 29.6 Å². The number of nitrogens with zero attached hydrogens (tertiary/aromatic N) is 2. The Morgan fingerprint density at radius 1 is 1.20 bits per heavy atom. The molecule has 0 aliphatic carbocycles. The van der Waals surface area contributed by atoms with Crippen molar-refractivity contribution < 1.29 is 23.5 Å². The molecule has 0 spiro atoms. The number of hydrogen-bond donors (Lipinski definition) is 1. The van der Waals surface area contributed by atoms with Crippen LogP contribution in [0.25, 0.3) is 0 Å². The Bertz CT molecular complexity index is 867. The standard InChI is InChI=1S/C17H14FN3O4/c1-9(15(19)22)21-16(23)12-6-7-13(20-14(12)17(21)24)25-8-10-2-4-11(18)5-3-10/h2-7,9H,8H2,1H3,(H2,19,22)/t9-/m0/s1. The number of fused-ring (bicyclic) bond motifs is 1. The number of nitrogens with two attached hydrogens (primary N) is 1. The normalized spacial score (nSPS) is 14.4. The lowest BCUT2D eigenvalue weighted by atomic mass is 10.2. The summed E-state index contributed by atoms with van der Waals surface area (Å²) in [5.41, 5.74) is 5.89. The number of aromatic nitrogens is 1. The van der Waals surface area contributed by atoms with Crippen LogP contribution in [0, 0.1) is 5.82 Å². The largest absolute Gasteiger partial charge is 0.473 e. The second kappa shape index (κ2) is 6.31. The highest BCUT2D eigenvalue weighted by molar-refractivity contribution is 6.21. The Kier molecular flexibility index (Phi) is 4.18. The molecule has 128 valence electrons. The summed E-state index contributed by atoms with van der Waals surface area (Å²) in [5.74, 6) is -2.32. The summed E-state index contributed by atoms with van der Waals surface area (Å²) in [6, 6.07) is 7.53. The molecule has 1 aromatic heterocycles. The van der Waals surface area contributed by atoms with Gasteiger partial charge in [-0.15, -0.1) is 0 Å². The van der Waals surface area contributed by atoms with Crippen LogP contribution < -0.4 is 10.5 Å². The number of carbonyl (C=O) groups is 3. The van der Waals surface area contributed by atoms with Crippen molar-refractivity contribution in [3.05, 3.63) is 59.0 Å². The molecule has 3 rings (SSSR count). The fourth-order valence-electron chi connectivity index (χ4n) is 2.41. The highest BCUT2D eigenvalue weighted by atomic mass is 19.1. The monoisotopic (exact) mass is 343 g/mol. The fourth-order valence-corrected chi connectivity index (χ4v) is 2.41. The van der Waals surface area contributed by atoms with Crippen molar-refractivity contribution in [3.63, 3.8) is 0 Å². The molecule has 0 saturated carbocycles. The first-order chi connectivity index (χ1) is 11.9. The van der Waals surface area contributed by atoms with Crippen molar-refractivity contribution in [3.8, 4) is 5.88 Å². The van der Waals surface area contributed by atoms with Crippen LogP contribution >= 0.6 is 0 Å². The number of primary amides is 1. The molecule has 0 fully saturated rings. The van der Waals surface area contributed by atoms with Gasteiger partial charge >= 0.3 is 0 Å². The van der Waals surface area contributed by atoms with Crippen LogP contribution in [-0.2, 0) is 11.4 Å². The molecule has 1 aliphatic rings. The molecular formula is C17H14FN3O4. The molecule has 0 saturated heterocycles. The molecular weight excluding hydrogens is 329 g/mol. The van der Waals surface area contributed by atoms with Crippen LogP contribution in [-0.4, -0.2) is 33.6 Å². The first-order valence-electron chi connectivity index (χ1n) is 7.44. The topological polar surface area (TPSA) is 103 Å². The van der Waals surface area contributed by atoms with Gasteiger partial charge in [-0.25, -0.2) is 9.37 Å². The lowest BCUT2D eigenvalue weighted by Gasteiger charge is -2.18. The summed E-state index contributed by atoms with van der Waals surface area (Å²) in [4.78, 5) is 40.7. The van der Waals surface area contributed by atoms with E-state index in [0.29, 0.717) is 0 Å². The van der Waals surface area contributed by atoms with Crippen LogP contribution in [0.3, 0.4) is 0 Å². The van der Waals surface area contributed by atoms with E-state index in [2.05, 4.69) is 4.98 Å². The highest BCUT2D eigenvalue weighted by Crippen LogP contribution is 2.25. The van der Waals surface area contributed by atoms with E-state index in [0.717, 1.165) is 10.5 Å². The van der Waals surface area contributed by atoms with Gasteiger partial charge in [0.15, 0.2) is 0 Å². The van der Waals surface area contributed by atoms with E-state index in [1.807, 2.05) is 0 Å². The molecule has 3 amide bonds. The average Bonchev–Trinajstić information content (AvgIpc) is 2.84. The Balaban J connectivity index is 1.79. The van der Waals surface area contributed by atoms with Gasteiger partial charge in [0.05, 0.1) is 5.56 Å². The lowest BCUT2D eigenvalue weighted by molar-refractivity contribution is -0.121. The van der Waals surface area contributed by atoms with Gasteiger partial charge in [-0.3, -0.25) is 19.3 Å². The molecule has 1 aliphatic heterocycles. The summed E-state index contributed by atoms with van der Waals surface area (Å²) in [6.45, 7) is 1.49. The third-order valence-corrected chi connectivity index (χ3v) is 3.84. The van der Waals surface area contributed by atoms with Crippen molar-refractivity contribution in [2.24, 2.45) is 5.73 Å². The van der Waals surface area contributed by atoms with Crippen LogP contribution in [0.4, 0.5) is 4.39 Å². The number of ether oxygens (including phenoxy) is 1. The molecule has 25 heavy (non-hydrogen) atoms. The van der Waals surface area contributed by atoms with E-state index in [1.54, 1.807) is 12.1 Å². The first-order valence-corrected chi connectivity index (χ1v) is 7.44. The molecule has 2 heterocycles. The number of rotatable bonds is 5. The zero-order chi connectivity index (χ0) is 18.1. The van der Waals surface area contributed by atoms with Gasteiger partial charge in [-0.05, 0) is 30.7 Å². The number of carbonyl (C=O) groups excluding carboxylic acids is 3. The molecule has 7 nitrogen and oxygen atoms in total. The quantitative estimate of drug-likeness (QED) is 0.824. The van der Waals surface area contributed by atoms with Gasteiger partial charge in [-0.2, -0.15) is 0 Å². The van der Waals surface area contributed by atoms with Gasteiger partial charge in [0.25, 0.3) is 11.8 Å². The number of benzene rings is 1. The molecule has 1 atom stereocenters. The molecule has 2 aromatic rings. The smallest absolute Gasteiger partial charge is 0.281 e. The Labute approximate surface area is 142 Å². The minimum atomic E-state index is -1.07. The van der Waals surface area contributed by atoms with E-state index in [1.165, 1.54) is 31.2 Å². The predicted molar refractivity (Wildman–Crippen MR) is 84.1 cm³/mol. The predicted octanol–water partition coefficient (Wildman–Crippen LogP) is 1.27. The Morgan fingerprint density at radius 2 is 1.88 bits per heavy atom. The second-order valence-electron chi connectivity index (χ2n) is 5.52. The molecule has 2 N–H and O–H groups in total. The third-order valence-electron chi connectivity index (χ3n) is 3.84. The zero-order valence-electron chi connectivity index (χ0n) is 13.2. The zero-order valence-corrected chi connectivity index (χ0v) is 13.2. The number of amides is 3. The van der Waals surface area contributed by atoms with Crippen LogP contribution in [0.5, 0.6) is 5.88 Å². The summed E-state index contributed by atoms with van der Waals surface area (Å²) in [7, 11) is 0. The van der Waals surface area contributed by atoms with E-state index < -0.39 is 23.8 Å². The molecule has 0 bridgehead atoms. The van der Waals surface area contributed by atoms with Crippen molar-refractivity contribution in [2.75, 3.05) is 0 Å². The van der Waals surface area contributed by atoms with Crippen molar-refractivity contribution in [1.29, 1.82) is 0 Å². The van der Waals surface area contributed by atoms with Crippen LogP contribution in [0.2, 0.25) is 0 Å².